The van der Waals surface area contributed by atoms with Crippen LogP contribution in [0.25, 0.3) is 6.08 Å². The van der Waals surface area contributed by atoms with Gasteiger partial charge in [0.05, 0.1) is 12.2 Å². The van der Waals surface area contributed by atoms with E-state index in [9.17, 15) is 4.39 Å². The summed E-state index contributed by atoms with van der Waals surface area (Å²) < 4.78 is 24.6. The Morgan fingerprint density at radius 2 is 1.70 bits per heavy atom. The number of thiol groups is 1. The van der Waals surface area contributed by atoms with Gasteiger partial charge in [-0.15, -0.1) is 12.6 Å². The third-order valence-corrected chi connectivity index (χ3v) is 4.95. The van der Waals surface area contributed by atoms with Gasteiger partial charge >= 0.3 is 0 Å². The Morgan fingerprint density at radius 3 is 2.47 bits per heavy atom. The van der Waals surface area contributed by atoms with E-state index in [1.807, 2.05) is 47.5 Å². The minimum atomic E-state index is -0.264. The van der Waals surface area contributed by atoms with Gasteiger partial charge in [0.1, 0.15) is 19.0 Å². The molecule has 0 spiro atoms. The van der Waals surface area contributed by atoms with Gasteiger partial charge < -0.3 is 14.5 Å². The molecule has 0 fully saturated rings. The van der Waals surface area contributed by atoms with E-state index in [4.69, 9.17) is 22.1 Å². The first kappa shape index (κ1) is 20.3. The highest BCUT2D eigenvalue weighted by Gasteiger charge is 2.12. The van der Waals surface area contributed by atoms with Gasteiger partial charge in [-0.25, -0.2) is 9.82 Å². The van der Waals surface area contributed by atoms with Crippen LogP contribution in [0.4, 0.5) is 10.1 Å². The summed E-state index contributed by atoms with van der Waals surface area (Å²) in [4.78, 5) is 0.844. The molecule has 0 bridgehead atoms. The van der Waals surface area contributed by atoms with Crippen LogP contribution in [0.3, 0.4) is 0 Å². The third-order valence-electron chi connectivity index (χ3n) is 4.67. The molecule has 3 aromatic carbocycles. The molecule has 4 rings (SSSR count). The maximum Gasteiger partial charge on any atom is 0.161 e. The monoisotopic (exact) mass is 422 g/mol. The van der Waals surface area contributed by atoms with Crippen molar-refractivity contribution in [3.8, 4) is 11.5 Å². The molecule has 0 saturated carbocycles. The van der Waals surface area contributed by atoms with Crippen LogP contribution in [0.5, 0.6) is 11.5 Å². The van der Waals surface area contributed by atoms with Crippen molar-refractivity contribution in [3.63, 3.8) is 0 Å². The van der Waals surface area contributed by atoms with E-state index in [1.165, 1.54) is 12.1 Å². The highest BCUT2D eigenvalue weighted by Crippen LogP contribution is 2.31. The molecule has 1 heterocycles. The summed E-state index contributed by atoms with van der Waals surface area (Å²) >= 11 is 4.69. The highest BCUT2D eigenvalue weighted by molar-refractivity contribution is 7.84. The van der Waals surface area contributed by atoms with Crippen molar-refractivity contribution in [1.29, 1.82) is 0 Å². The number of hydrazine groups is 1. The fourth-order valence-electron chi connectivity index (χ4n) is 3.19. The smallest absolute Gasteiger partial charge is 0.161 e. The van der Waals surface area contributed by atoms with E-state index >= 15 is 0 Å². The minimum absolute atomic E-state index is 0.264. The number of hydrogen-bond donors (Lipinski definition) is 2. The maximum absolute atomic E-state index is 13.4. The van der Waals surface area contributed by atoms with E-state index in [0.717, 1.165) is 33.2 Å². The van der Waals surface area contributed by atoms with Crippen LogP contribution in [0.15, 0.2) is 77.7 Å². The van der Waals surface area contributed by atoms with Crippen LogP contribution in [0.1, 0.15) is 11.1 Å². The molecule has 4 nitrogen and oxygen atoms in total. The summed E-state index contributed by atoms with van der Waals surface area (Å²) in [6.45, 7) is 2.27. The largest absolute Gasteiger partial charge is 0.486 e. The van der Waals surface area contributed by atoms with E-state index in [0.29, 0.717) is 26.3 Å². The molecule has 154 valence electrons. The summed E-state index contributed by atoms with van der Waals surface area (Å²) in [6, 6.07) is 22.4. The molecule has 0 radical (unpaired) electrons. The van der Waals surface area contributed by atoms with Gasteiger partial charge in [0.2, 0.25) is 0 Å². The summed E-state index contributed by atoms with van der Waals surface area (Å²) in [5, 5.41) is 1.96. The predicted octanol–water partition coefficient (Wildman–Crippen LogP) is 5.08. The number of benzene rings is 3. The summed E-state index contributed by atoms with van der Waals surface area (Å²) in [5.74, 6) is 1.24. The first-order chi connectivity index (χ1) is 14.7. The van der Waals surface area contributed by atoms with Crippen LogP contribution in [-0.2, 0) is 6.54 Å². The average Bonchev–Trinajstić information content (AvgIpc) is 2.78. The lowest BCUT2D eigenvalue weighted by Gasteiger charge is -2.26. The SMILES string of the molecule is Fc1ccc(N(C/C(S)=C/c2ccc3c(c2)OCCO3)NCc2ccccc2)cc1. The summed E-state index contributed by atoms with van der Waals surface area (Å²) in [7, 11) is 0. The number of hydrogen-bond acceptors (Lipinski definition) is 5. The van der Waals surface area contributed by atoms with Gasteiger partial charge in [0, 0.05) is 11.4 Å². The Bertz CT molecular complexity index is 1010. The van der Waals surface area contributed by atoms with Crippen LogP contribution in [0, 0.1) is 5.82 Å². The standard InChI is InChI=1S/C24H23FN2O2S/c25-20-7-9-21(10-8-20)27(26-16-18-4-2-1-3-5-18)17-22(30)14-19-6-11-23-24(15-19)29-13-12-28-23/h1-11,14-15,26,30H,12-13,16-17H2/b22-14-. The van der Waals surface area contributed by atoms with E-state index < -0.39 is 0 Å². The summed E-state index contributed by atoms with van der Waals surface area (Å²) in [5.41, 5.74) is 6.40. The molecule has 0 unspecified atom stereocenters. The van der Waals surface area contributed by atoms with Crippen molar-refractivity contribution in [3.05, 3.63) is 94.6 Å². The zero-order valence-electron chi connectivity index (χ0n) is 16.4. The topological polar surface area (TPSA) is 33.7 Å². The van der Waals surface area contributed by atoms with Gasteiger partial charge in [-0.05, 0) is 53.6 Å². The Kier molecular flexibility index (Phi) is 6.57. The van der Waals surface area contributed by atoms with Crippen LogP contribution < -0.4 is 19.9 Å². The Morgan fingerprint density at radius 1 is 0.967 bits per heavy atom. The molecule has 0 aliphatic carbocycles. The minimum Gasteiger partial charge on any atom is -0.486 e. The van der Waals surface area contributed by atoms with Gasteiger partial charge in [-0.1, -0.05) is 36.4 Å². The molecule has 0 atom stereocenters. The first-order valence-electron chi connectivity index (χ1n) is 9.77. The van der Waals surface area contributed by atoms with Crippen LogP contribution in [-0.4, -0.2) is 19.8 Å². The van der Waals surface area contributed by atoms with Crippen molar-refractivity contribution >= 4 is 24.4 Å². The average molecular weight is 423 g/mol. The zero-order chi connectivity index (χ0) is 20.8. The molecular weight excluding hydrogens is 399 g/mol. The molecule has 6 heteroatoms. The molecule has 0 saturated heterocycles. The van der Waals surface area contributed by atoms with Gasteiger partial charge in [0.25, 0.3) is 0 Å². The van der Waals surface area contributed by atoms with E-state index in [2.05, 4.69) is 17.6 Å². The van der Waals surface area contributed by atoms with E-state index in [-0.39, 0.29) is 5.82 Å². The number of nitrogens with zero attached hydrogens (tertiary/aromatic N) is 1. The molecular formula is C24H23FN2O2S. The Balaban J connectivity index is 1.51. The predicted molar refractivity (Wildman–Crippen MR) is 121 cm³/mol. The lowest BCUT2D eigenvalue weighted by Crippen LogP contribution is -2.38. The molecule has 1 aliphatic heterocycles. The second-order valence-electron chi connectivity index (χ2n) is 6.92. The van der Waals surface area contributed by atoms with E-state index in [1.54, 1.807) is 12.1 Å². The normalized spacial score (nSPS) is 13.2. The Hall–Kier alpha value is -2.96. The van der Waals surface area contributed by atoms with Gasteiger partial charge in [0.15, 0.2) is 11.5 Å². The number of fused-ring (bicyclic) bond motifs is 1. The number of rotatable bonds is 7. The van der Waals surface area contributed by atoms with Crippen LogP contribution >= 0.6 is 12.6 Å². The molecule has 0 amide bonds. The Labute approximate surface area is 181 Å². The fourth-order valence-corrected chi connectivity index (χ4v) is 3.48. The zero-order valence-corrected chi connectivity index (χ0v) is 17.3. The molecule has 1 N–H and O–H groups in total. The number of ether oxygens (including phenoxy) is 2. The number of nitrogens with one attached hydrogen (secondary N) is 1. The van der Waals surface area contributed by atoms with Crippen molar-refractivity contribution in [2.24, 2.45) is 0 Å². The fraction of sp³-hybridized carbons (Fsp3) is 0.167. The van der Waals surface area contributed by atoms with Crippen LogP contribution in [0.2, 0.25) is 0 Å². The maximum atomic E-state index is 13.4. The quantitative estimate of drug-likeness (QED) is 0.411. The van der Waals surface area contributed by atoms with Crippen molar-refractivity contribution in [1.82, 2.24) is 5.43 Å². The lowest BCUT2D eigenvalue weighted by atomic mass is 10.1. The van der Waals surface area contributed by atoms with Crippen molar-refractivity contribution in [2.45, 2.75) is 6.54 Å². The lowest BCUT2D eigenvalue weighted by molar-refractivity contribution is 0.171. The molecule has 30 heavy (non-hydrogen) atoms. The van der Waals surface area contributed by atoms with Crippen molar-refractivity contribution in [2.75, 3.05) is 24.8 Å². The first-order valence-corrected chi connectivity index (χ1v) is 10.2. The molecule has 0 aromatic heterocycles. The molecule has 1 aliphatic rings. The number of anilines is 1. The van der Waals surface area contributed by atoms with Crippen molar-refractivity contribution < 1.29 is 13.9 Å². The second kappa shape index (κ2) is 9.69. The van der Waals surface area contributed by atoms with Gasteiger partial charge in [-0.3, -0.25) is 0 Å². The highest BCUT2D eigenvalue weighted by atomic mass is 32.1. The van der Waals surface area contributed by atoms with Gasteiger partial charge in [-0.2, -0.15) is 0 Å². The third kappa shape index (κ3) is 5.34. The number of halogens is 1. The summed E-state index contributed by atoms with van der Waals surface area (Å²) in [6.07, 6.45) is 1.99. The second-order valence-corrected chi connectivity index (χ2v) is 7.50. The molecule has 3 aromatic rings.